The molecule has 1 fully saturated rings. The summed E-state index contributed by atoms with van der Waals surface area (Å²) in [6.45, 7) is 6.36. The molecule has 0 spiro atoms. The summed E-state index contributed by atoms with van der Waals surface area (Å²) in [6, 6.07) is 0.0291. The maximum atomic E-state index is 11.7. The summed E-state index contributed by atoms with van der Waals surface area (Å²) in [6.07, 6.45) is 4.63. The van der Waals surface area contributed by atoms with Crippen LogP contribution in [0.15, 0.2) is 0 Å². The highest BCUT2D eigenvalue weighted by Gasteiger charge is 2.31. The fourth-order valence-corrected chi connectivity index (χ4v) is 2.27. The highest BCUT2D eigenvalue weighted by molar-refractivity contribution is 5.85. The van der Waals surface area contributed by atoms with E-state index in [2.05, 4.69) is 13.8 Å². The molecule has 0 aliphatic heterocycles. The van der Waals surface area contributed by atoms with Crippen molar-refractivity contribution in [3.8, 4) is 0 Å². The van der Waals surface area contributed by atoms with Gasteiger partial charge in [0, 0.05) is 13.1 Å². The van der Waals surface area contributed by atoms with E-state index in [4.69, 9.17) is 5.73 Å². The number of halogens is 1. The summed E-state index contributed by atoms with van der Waals surface area (Å²) in [4.78, 5) is 13.6. The summed E-state index contributed by atoms with van der Waals surface area (Å²) < 4.78 is 0. The standard InChI is InChI=1S/C12H24N2O.ClH/c1-9(13)11(15)14(4)10-5-7-12(2,3)8-6-10;/h9-10H,5-8,13H2,1-4H3;1H/t9-;/m0./s1. The molecule has 1 amide bonds. The monoisotopic (exact) mass is 248 g/mol. The lowest BCUT2D eigenvalue weighted by Gasteiger charge is -2.39. The van der Waals surface area contributed by atoms with Gasteiger partial charge in [0.05, 0.1) is 6.04 Å². The van der Waals surface area contributed by atoms with Gasteiger partial charge in [0.1, 0.15) is 0 Å². The number of carbonyl (C=O) groups is 1. The molecule has 2 N–H and O–H groups in total. The van der Waals surface area contributed by atoms with Crippen molar-refractivity contribution in [1.82, 2.24) is 4.90 Å². The summed E-state index contributed by atoms with van der Waals surface area (Å²) in [5.74, 6) is 0.0692. The zero-order valence-electron chi connectivity index (χ0n) is 10.8. The minimum Gasteiger partial charge on any atom is -0.341 e. The summed E-state index contributed by atoms with van der Waals surface area (Å²) >= 11 is 0. The average Bonchev–Trinajstić information content (AvgIpc) is 2.15. The maximum absolute atomic E-state index is 11.7. The SMILES string of the molecule is C[C@H](N)C(=O)N(C)C1CCC(C)(C)CC1.Cl. The van der Waals surface area contributed by atoms with Crippen LogP contribution in [0.25, 0.3) is 0 Å². The topological polar surface area (TPSA) is 46.3 Å². The van der Waals surface area contributed by atoms with E-state index in [0.717, 1.165) is 12.8 Å². The van der Waals surface area contributed by atoms with Crippen LogP contribution < -0.4 is 5.73 Å². The molecule has 0 unspecified atom stereocenters. The molecule has 3 nitrogen and oxygen atoms in total. The molecule has 4 heteroatoms. The smallest absolute Gasteiger partial charge is 0.239 e. The summed E-state index contributed by atoms with van der Waals surface area (Å²) in [5, 5.41) is 0. The lowest BCUT2D eigenvalue weighted by Crippen LogP contribution is -2.47. The van der Waals surface area contributed by atoms with Gasteiger partial charge in [-0.25, -0.2) is 0 Å². The molecule has 1 atom stereocenters. The highest BCUT2D eigenvalue weighted by atomic mass is 35.5. The third kappa shape index (κ3) is 3.95. The molecule has 1 aliphatic carbocycles. The third-order valence-corrected chi connectivity index (χ3v) is 3.59. The normalized spacial score (nSPS) is 22.1. The molecule has 16 heavy (non-hydrogen) atoms. The summed E-state index contributed by atoms with van der Waals surface area (Å²) in [5.41, 5.74) is 6.06. The van der Waals surface area contributed by atoms with Crippen LogP contribution >= 0.6 is 12.4 Å². The number of hydrogen-bond acceptors (Lipinski definition) is 2. The molecular weight excluding hydrogens is 224 g/mol. The zero-order valence-corrected chi connectivity index (χ0v) is 11.6. The maximum Gasteiger partial charge on any atom is 0.239 e. The summed E-state index contributed by atoms with van der Waals surface area (Å²) in [7, 11) is 1.88. The van der Waals surface area contributed by atoms with E-state index in [-0.39, 0.29) is 24.4 Å². The molecule has 0 saturated heterocycles. The Kier molecular flexibility index (Phi) is 5.77. The van der Waals surface area contributed by atoms with Crippen LogP contribution in [0.5, 0.6) is 0 Å². The van der Waals surface area contributed by atoms with Crippen molar-refractivity contribution >= 4 is 18.3 Å². The number of hydrogen-bond donors (Lipinski definition) is 1. The minimum absolute atomic E-state index is 0. The Hall–Kier alpha value is -0.280. The van der Waals surface area contributed by atoms with Gasteiger partial charge in [0.15, 0.2) is 0 Å². The second kappa shape index (κ2) is 5.87. The predicted octanol–water partition coefficient (Wildman–Crippen LogP) is 2.18. The van der Waals surface area contributed by atoms with Crippen molar-refractivity contribution in [3.05, 3.63) is 0 Å². The van der Waals surface area contributed by atoms with Crippen molar-refractivity contribution in [3.63, 3.8) is 0 Å². The quantitative estimate of drug-likeness (QED) is 0.814. The van der Waals surface area contributed by atoms with Crippen LogP contribution in [-0.4, -0.2) is 29.9 Å². The van der Waals surface area contributed by atoms with E-state index in [1.807, 2.05) is 11.9 Å². The van der Waals surface area contributed by atoms with Gasteiger partial charge in [-0.1, -0.05) is 13.8 Å². The number of amides is 1. The predicted molar refractivity (Wildman–Crippen MR) is 69.7 cm³/mol. The number of nitrogens with zero attached hydrogens (tertiary/aromatic N) is 1. The molecule has 1 saturated carbocycles. The molecule has 0 heterocycles. The van der Waals surface area contributed by atoms with Crippen LogP contribution in [0.1, 0.15) is 46.5 Å². The molecule has 1 aliphatic rings. The van der Waals surface area contributed by atoms with Crippen molar-refractivity contribution in [2.75, 3.05) is 7.05 Å². The van der Waals surface area contributed by atoms with E-state index in [1.54, 1.807) is 6.92 Å². The average molecular weight is 249 g/mol. The second-order valence-electron chi connectivity index (χ2n) is 5.63. The van der Waals surface area contributed by atoms with Crippen molar-refractivity contribution in [2.24, 2.45) is 11.1 Å². The van der Waals surface area contributed by atoms with E-state index in [9.17, 15) is 4.79 Å². The molecule has 0 bridgehead atoms. The first-order valence-electron chi connectivity index (χ1n) is 5.86. The fourth-order valence-electron chi connectivity index (χ4n) is 2.27. The Morgan fingerprint density at radius 2 is 1.81 bits per heavy atom. The van der Waals surface area contributed by atoms with Gasteiger partial charge in [0.2, 0.25) is 5.91 Å². The minimum atomic E-state index is -0.370. The third-order valence-electron chi connectivity index (χ3n) is 3.59. The molecule has 0 aromatic carbocycles. The second-order valence-corrected chi connectivity index (χ2v) is 5.63. The van der Waals surface area contributed by atoms with E-state index < -0.39 is 0 Å². The van der Waals surface area contributed by atoms with Gasteiger partial charge in [-0.2, -0.15) is 0 Å². The van der Waals surface area contributed by atoms with Gasteiger partial charge in [-0.05, 0) is 38.0 Å². The van der Waals surface area contributed by atoms with Crippen molar-refractivity contribution in [1.29, 1.82) is 0 Å². The molecule has 0 radical (unpaired) electrons. The van der Waals surface area contributed by atoms with E-state index in [0.29, 0.717) is 11.5 Å². The lowest BCUT2D eigenvalue weighted by atomic mass is 9.75. The van der Waals surface area contributed by atoms with E-state index >= 15 is 0 Å². The van der Waals surface area contributed by atoms with Gasteiger partial charge in [0.25, 0.3) is 0 Å². The largest absolute Gasteiger partial charge is 0.341 e. The zero-order chi connectivity index (χ0) is 11.6. The molecule has 1 rings (SSSR count). The van der Waals surface area contributed by atoms with Gasteiger partial charge in [-0.3, -0.25) is 4.79 Å². The number of carbonyl (C=O) groups excluding carboxylic acids is 1. The molecule has 0 aromatic rings. The first-order valence-corrected chi connectivity index (χ1v) is 5.86. The van der Waals surface area contributed by atoms with E-state index in [1.165, 1.54) is 12.8 Å². The van der Waals surface area contributed by atoms with Crippen LogP contribution in [0.3, 0.4) is 0 Å². The Balaban J connectivity index is 0.00000225. The van der Waals surface area contributed by atoms with Crippen LogP contribution in [0.4, 0.5) is 0 Å². The van der Waals surface area contributed by atoms with Gasteiger partial charge in [-0.15, -0.1) is 12.4 Å². The Morgan fingerprint density at radius 3 is 2.19 bits per heavy atom. The molecule has 0 aromatic heterocycles. The number of rotatable bonds is 2. The number of nitrogens with two attached hydrogens (primary N) is 1. The van der Waals surface area contributed by atoms with Crippen LogP contribution in [0, 0.1) is 5.41 Å². The van der Waals surface area contributed by atoms with Crippen molar-refractivity contribution < 1.29 is 4.79 Å². The number of likely N-dealkylation sites (N-methyl/N-ethyl adjacent to an activating group) is 1. The van der Waals surface area contributed by atoms with Gasteiger partial charge >= 0.3 is 0 Å². The van der Waals surface area contributed by atoms with Gasteiger partial charge < -0.3 is 10.6 Å². The lowest BCUT2D eigenvalue weighted by molar-refractivity contribution is -0.134. The first kappa shape index (κ1) is 15.7. The Bertz CT molecular complexity index is 231. The van der Waals surface area contributed by atoms with Crippen LogP contribution in [0.2, 0.25) is 0 Å². The van der Waals surface area contributed by atoms with Crippen LogP contribution in [-0.2, 0) is 4.79 Å². The Morgan fingerprint density at radius 1 is 1.38 bits per heavy atom. The molecule has 96 valence electrons. The fraction of sp³-hybridized carbons (Fsp3) is 0.917. The first-order chi connectivity index (χ1) is 6.83. The Labute approximate surface area is 105 Å². The van der Waals surface area contributed by atoms with Crippen molar-refractivity contribution in [2.45, 2.75) is 58.5 Å². The highest BCUT2D eigenvalue weighted by Crippen LogP contribution is 2.36. The molecular formula is C12H25ClN2O.